The highest BCUT2D eigenvalue weighted by atomic mass is 19.1. The van der Waals surface area contributed by atoms with E-state index in [9.17, 15) is 9.18 Å². The Labute approximate surface area is 103 Å². The van der Waals surface area contributed by atoms with Gasteiger partial charge in [-0.3, -0.25) is 9.89 Å². The second kappa shape index (κ2) is 4.87. The van der Waals surface area contributed by atoms with Crippen molar-refractivity contribution in [3.05, 3.63) is 41.3 Å². The van der Waals surface area contributed by atoms with E-state index in [2.05, 4.69) is 15.5 Å². The Morgan fingerprint density at radius 1 is 1.56 bits per heavy atom. The van der Waals surface area contributed by atoms with E-state index in [1.165, 1.54) is 12.1 Å². The number of aromatic amines is 1. The van der Waals surface area contributed by atoms with Crippen LogP contribution in [-0.4, -0.2) is 16.1 Å². The second-order valence-electron chi connectivity index (χ2n) is 3.81. The lowest BCUT2D eigenvalue weighted by Gasteiger charge is -2.07. The van der Waals surface area contributed by atoms with Crippen molar-refractivity contribution in [3.63, 3.8) is 0 Å². The van der Waals surface area contributed by atoms with Crippen LogP contribution in [-0.2, 0) is 6.42 Å². The fourth-order valence-electron chi connectivity index (χ4n) is 1.61. The molecule has 2 aromatic rings. The van der Waals surface area contributed by atoms with Gasteiger partial charge in [0.05, 0.1) is 11.8 Å². The lowest BCUT2D eigenvalue weighted by Crippen LogP contribution is -2.15. The highest BCUT2D eigenvalue weighted by molar-refractivity contribution is 6.07. The summed E-state index contributed by atoms with van der Waals surface area (Å²) < 4.78 is 12.9. The smallest absolute Gasteiger partial charge is 0.258 e. The van der Waals surface area contributed by atoms with Crippen molar-refractivity contribution in [2.45, 2.75) is 13.3 Å². The van der Waals surface area contributed by atoms with E-state index in [-0.39, 0.29) is 11.3 Å². The molecule has 5 nitrogen and oxygen atoms in total. The fraction of sp³-hybridized carbons (Fsp3) is 0.167. The molecule has 1 aromatic carbocycles. The minimum Gasteiger partial charge on any atom is -0.398 e. The molecule has 18 heavy (non-hydrogen) atoms. The molecule has 0 atom stereocenters. The predicted molar refractivity (Wildman–Crippen MR) is 66.7 cm³/mol. The quantitative estimate of drug-likeness (QED) is 0.726. The minimum absolute atomic E-state index is 0.102. The maximum Gasteiger partial charge on any atom is 0.258 e. The van der Waals surface area contributed by atoms with Crippen molar-refractivity contribution in [1.82, 2.24) is 10.2 Å². The zero-order chi connectivity index (χ0) is 13.1. The van der Waals surface area contributed by atoms with E-state index >= 15 is 0 Å². The third kappa shape index (κ3) is 2.32. The van der Waals surface area contributed by atoms with Gasteiger partial charge in [-0.1, -0.05) is 6.92 Å². The Kier molecular flexibility index (Phi) is 3.27. The zero-order valence-corrected chi connectivity index (χ0v) is 9.83. The third-order valence-electron chi connectivity index (χ3n) is 2.60. The Morgan fingerprint density at radius 3 is 3.00 bits per heavy atom. The normalized spacial score (nSPS) is 10.3. The Morgan fingerprint density at radius 2 is 2.33 bits per heavy atom. The summed E-state index contributed by atoms with van der Waals surface area (Å²) in [6.07, 6.45) is 2.38. The van der Waals surface area contributed by atoms with Gasteiger partial charge in [0.25, 0.3) is 5.91 Å². The van der Waals surface area contributed by atoms with E-state index in [1.54, 1.807) is 6.20 Å². The SMILES string of the molecule is CCc1cn[nH]c1NC(=O)c1ccc(F)cc1N. The van der Waals surface area contributed by atoms with E-state index in [0.717, 1.165) is 18.1 Å². The van der Waals surface area contributed by atoms with Crippen LogP contribution in [0.2, 0.25) is 0 Å². The molecule has 6 heteroatoms. The van der Waals surface area contributed by atoms with Gasteiger partial charge in [-0.15, -0.1) is 0 Å². The number of carbonyl (C=O) groups is 1. The number of nitrogens with two attached hydrogens (primary N) is 1. The number of rotatable bonds is 3. The number of aromatic nitrogens is 2. The molecule has 1 amide bonds. The molecule has 0 bridgehead atoms. The van der Waals surface area contributed by atoms with Crippen LogP contribution < -0.4 is 11.1 Å². The van der Waals surface area contributed by atoms with Gasteiger partial charge in [0.1, 0.15) is 11.6 Å². The molecule has 0 unspecified atom stereocenters. The molecule has 0 aliphatic carbocycles. The van der Waals surface area contributed by atoms with Gasteiger partial charge in [0.15, 0.2) is 0 Å². The summed E-state index contributed by atoms with van der Waals surface area (Å²) in [7, 11) is 0. The summed E-state index contributed by atoms with van der Waals surface area (Å²) in [5.74, 6) is -0.336. The first kappa shape index (κ1) is 12.1. The largest absolute Gasteiger partial charge is 0.398 e. The van der Waals surface area contributed by atoms with E-state index < -0.39 is 11.7 Å². The Hall–Kier alpha value is -2.37. The summed E-state index contributed by atoms with van der Waals surface area (Å²) in [6.45, 7) is 1.95. The highest BCUT2D eigenvalue weighted by Gasteiger charge is 2.13. The molecular weight excluding hydrogens is 235 g/mol. The number of aryl methyl sites for hydroxylation is 1. The monoisotopic (exact) mass is 248 g/mol. The number of benzene rings is 1. The summed E-state index contributed by atoms with van der Waals surface area (Å²) >= 11 is 0. The number of nitrogen functional groups attached to an aromatic ring is 1. The number of hydrogen-bond acceptors (Lipinski definition) is 3. The van der Waals surface area contributed by atoms with Crippen LogP contribution in [0.1, 0.15) is 22.8 Å². The molecular formula is C12H13FN4O. The van der Waals surface area contributed by atoms with Crippen molar-refractivity contribution in [2.24, 2.45) is 0 Å². The van der Waals surface area contributed by atoms with Gasteiger partial charge in [-0.05, 0) is 24.6 Å². The number of hydrogen-bond donors (Lipinski definition) is 3. The van der Waals surface area contributed by atoms with Crippen molar-refractivity contribution >= 4 is 17.4 Å². The van der Waals surface area contributed by atoms with Crippen molar-refractivity contribution in [1.29, 1.82) is 0 Å². The first-order valence-corrected chi connectivity index (χ1v) is 5.50. The molecule has 0 radical (unpaired) electrons. The molecule has 0 saturated carbocycles. The standard InChI is InChI=1S/C12H13FN4O/c1-2-7-6-15-17-11(7)16-12(18)9-4-3-8(13)5-10(9)14/h3-6H,2,14H2,1H3,(H2,15,16,17,18). The second-order valence-corrected chi connectivity index (χ2v) is 3.81. The number of H-pyrrole nitrogens is 1. The van der Waals surface area contributed by atoms with Gasteiger partial charge in [0.2, 0.25) is 0 Å². The van der Waals surface area contributed by atoms with Crippen molar-refractivity contribution in [3.8, 4) is 0 Å². The van der Waals surface area contributed by atoms with Crippen LogP contribution in [0, 0.1) is 5.82 Å². The van der Waals surface area contributed by atoms with Gasteiger partial charge >= 0.3 is 0 Å². The molecule has 0 fully saturated rings. The van der Waals surface area contributed by atoms with Gasteiger partial charge in [0, 0.05) is 11.3 Å². The number of anilines is 2. The van der Waals surface area contributed by atoms with Gasteiger partial charge < -0.3 is 11.1 Å². The van der Waals surface area contributed by atoms with Crippen molar-refractivity contribution < 1.29 is 9.18 Å². The maximum absolute atomic E-state index is 12.9. The maximum atomic E-state index is 12.9. The fourth-order valence-corrected chi connectivity index (χ4v) is 1.61. The zero-order valence-electron chi connectivity index (χ0n) is 9.83. The average molecular weight is 248 g/mol. The number of amides is 1. The molecule has 1 heterocycles. The van der Waals surface area contributed by atoms with E-state index in [1.807, 2.05) is 6.92 Å². The highest BCUT2D eigenvalue weighted by Crippen LogP contribution is 2.17. The summed E-state index contributed by atoms with van der Waals surface area (Å²) in [5, 5.41) is 9.20. The Bertz CT molecular complexity index is 579. The van der Waals surface area contributed by atoms with Crippen LogP contribution in [0.25, 0.3) is 0 Å². The van der Waals surface area contributed by atoms with Crippen molar-refractivity contribution in [2.75, 3.05) is 11.1 Å². The summed E-state index contributed by atoms with van der Waals surface area (Å²) in [5.41, 5.74) is 6.82. The molecule has 2 rings (SSSR count). The Balaban J connectivity index is 2.22. The first-order chi connectivity index (χ1) is 8.61. The van der Waals surface area contributed by atoms with Gasteiger partial charge in [-0.25, -0.2) is 4.39 Å². The van der Waals surface area contributed by atoms with E-state index in [0.29, 0.717) is 5.82 Å². The summed E-state index contributed by atoms with van der Waals surface area (Å²) in [6, 6.07) is 3.66. The predicted octanol–water partition coefficient (Wildman–Crippen LogP) is 1.95. The van der Waals surface area contributed by atoms with E-state index in [4.69, 9.17) is 5.73 Å². The molecule has 0 saturated heterocycles. The van der Waals surface area contributed by atoms with Crippen LogP contribution in [0.3, 0.4) is 0 Å². The van der Waals surface area contributed by atoms with Gasteiger partial charge in [-0.2, -0.15) is 5.10 Å². The molecule has 0 aliphatic rings. The molecule has 0 spiro atoms. The van der Waals surface area contributed by atoms with Crippen LogP contribution in [0.4, 0.5) is 15.9 Å². The first-order valence-electron chi connectivity index (χ1n) is 5.50. The van der Waals surface area contributed by atoms with Crippen LogP contribution >= 0.6 is 0 Å². The third-order valence-corrected chi connectivity index (χ3v) is 2.60. The topological polar surface area (TPSA) is 83.8 Å². The summed E-state index contributed by atoms with van der Waals surface area (Å²) in [4.78, 5) is 12.0. The molecule has 0 aliphatic heterocycles. The molecule has 94 valence electrons. The lowest BCUT2D eigenvalue weighted by molar-refractivity contribution is 0.102. The number of nitrogens with zero attached hydrogens (tertiary/aromatic N) is 1. The minimum atomic E-state index is -0.472. The lowest BCUT2D eigenvalue weighted by atomic mass is 10.1. The molecule has 1 aromatic heterocycles. The average Bonchev–Trinajstić information content (AvgIpc) is 2.76. The van der Waals surface area contributed by atoms with Crippen LogP contribution in [0.5, 0.6) is 0 Å². The number of nitrogens with one attached hydrogen (secondary N) is 2. The molecule has 4 N–H and O–H groups in total. The van der Waals surface area contributed by atoms with Crippen LogP contribution in [0.15, 0.2) is 24.4 Å². The number of halogens is 1. The number of carbonyl (C=O) groups excluding carboxylic acids is 1.